The van der Waals surface area contributed by atoms with Crippen molar-refractivity contribution in [1.82, 2.24) is 4.98 Å². The molecule has 3 aromatic rings. The minimum absolute atomic E-state index is 0.0254. The molecule has 0 saturated carbocycles. The number of carbonyl (C=O) groups excluding carboxylic acids is 3. The van der Waals surface area contributed by atoms with Gasteiger partial charge >= 0.3 is 11.9 Å². The zero-order valence-corrected chi connectivity index (χ0v) is 24.7. The average Bonchev–Trinajstić information content (AvgIpc) is 2.96. The average molecular weight is 582 g/mol. The predicted octanol–water partition coefficient (Wildman–Crippen LogP) is 6.45. The van der Waals surface area contributed by atoms with Gasteiger partial charge in [0.25, 0.3) is 0 Å². The number of ether oxygens (including phenoxy) is 4. The summed E-state index contributed by atoms with van der Waals surface area (Å²) in [4.78, 5) is 42.3. The predicted molar refractivity (Wildman–Crippen MR) is 155 cm³/mol. The summed E-state index contributed by atoms with van der Waals surface area (Å²) in [5, 5.41) is 0.652. The first-order chi connectivity index (χ1) is 19.6. The van der Waals surface area contributed by atoms with Crippen LogP contribution < -0.4 is 9.47 Å². The van der Waals surface area contributed by atoms with Crippen LogP contribution in [0.5, 0.6) is 11.5 Å². The van der Waals surface area contributed by atoms with E-state index in [4.69, 9.17) is 30.5 Å². The maximum atomic E-state index is 13.2. The van der Waals surface area contributed by atoms with Crippen LogP contribution in [0.1, 0.15) is 61.6 Å². The van der Waals surface area contributed by atoms with E-state index < -0.39 is 36.5 Å². The molecule has 0 aliphatic rings. The van der Waals surface area contributed by atoms with Gasteiger partial charge in [-0.3, -0.25) is 14.4 Å². The molecule has 0 N–H and O–H groups in total. The standard InChI is InChI=1S/C32H36ClNO7/c1-20(2)31(36)40-19-39-30-28(38-5)15-16-34-29(30)27(35)17-21(3)32(37)41-22(4)26(24-9-7-6-8-10-24)18-23-11-13-25(33)14-12-23/h6-16,20-22,26H,17-19H2,1-5H3/t21-,22+,26+/m1/s1. The number of hydrogen-bond donors (Lipinski definition) is 0. The van der Waals surface area contributed by atoms with Crippen LogP contribution in [0.25, 0.3) is 0 Å². The van der Waals surface area contributed by atoms with E-state index >= 15 is 0 Å². The third kappa shape index (κ3) is 9.05. The zero-order chi connectivity index (χ0) is 29.9. The molecule has 3 atom stereocenters. The van der Waals surface area contributed by atoms with Crippen molar-refractivity contribution < 1.29 is 33.3 Å². The van der Waals surface area contributed by atoms with Crippen molar-refractivity contribution in [2.45, 2.75) is 52.6 Å². The molecule has 1 heterocycles. The second-order valence-corrected chi connectivity index (χ2v) is 10.5. The van der Waals surface area contributed by atoms with E-state index in [9.17, 15) is 14.4 Å². The van der Waals surface area contributed by atoms with E-state index in [0.29, 0.717) is 11.4 Å². The van der Waals surface area contributed by atoms with Gasteiger partial charge < -0.3 is 18.9 Å². The van der Waals surface area contributed by atoms with Crippen LogP contribution in [-0.4, -0.2) is 42.7 Å². The van der Waals surface area contributed by atoms with E-state index in [-0.39, 0.29) is 35.4 Å². The van der Waals surface area contributed by atoms with E-state index in [1.807, 2.05) is 61.5 Å². The molecule has 9 heteroatoms. The van der Waals surface area contributed by atoms with Crippen LogP contribution in [0.2, 0.25) is 5.02 Å². The highest BCUT2D eigenvalue weighted by atomic mass is 35.5. The first-order valence-corrected chi connectivity index (χ1v) is 13.8. The summed E-state index contributed by atoms with van der Waals surface area (Å²) in [5.41, 5.74) is 2.07. The van der Waals surface area contributed by atoms with Gasteiger partial charge in [0.15, 0.2) is 23.0 Å². The van der Waals surface area contributed by atoms with Gasteiger partial charge in [0, 0.05) is 29.6 Å². The first-order valence-electron chi connectivity index (χ1n) is 13.5. The number of esters is 2. The number of aromatic nitrogens is 1. The Hall–Kier alpha value is -3.91. The largest absolute Gasteiger partial charge is 0.493 e. The van der Waals surface area contributed by atoms with Crippen molar-refractivity contribution in [1.29, 1.82) is 0 Å². The number of nitrogens with zero attached hydrogens (tertiary/aromatic N) is 1. The summed E-state index contributed by atoms with van der Waals surface area (Å²) in [7, 11) is 1.42. The highest BCUT2D eigenvalue weighted by Gasteiger charge is 2.29. The Balaban J connectivity index is 1.70. The van der Waals surface area contributed by atoms with Gasteiger partial charge in [-0.15, -0.1) is 0 Å². The van der Waals surface area contributed by atoms with Crippen molar-refractivity contribution in [3.63, 3.8) is 0 Å². The molecule has 41 heavy (non-hydrogen) atoms. The van der Waals surface area contributed by atoms with Crippen molar-refractivity contribution in [2.24, 2.45) is 11.8 Å². The molecule has 2 aromatic carbocycles. The van der Waals surface area contributed by atoms with E-state index in [1.165, 1.54) is 19.4 Å². The van der Waals surface area contributed by atoms with Crippen LogP contribution in [0.4, 0.5) is 0 Å². The number of methoxy groups -OCH3 is 1. The summed E-state index contributed by atoms with van der Waals surface area (Å²) in [6, 6.07) is 19.0. The molecule has 0 saturated heterocycles. The quantitative estimate of drug-likeness (QED) is 0.122. The normalized spacial score (nSPS) is 13.1. The maximum Gasteiger partial charge on any atom is 0.311 e. The van der Waals surface area contributed by atoms with E-state index in [2.05, 4.69) is 4.98 Å². The summed E-state index contributed by atoms with van der Waals surface area (Å²) in [5.74, 6) is -2.30. The Bertz CT molecular complexity index is 1310. The fourth-order valence-corrected chi connectivity index (χ4v) is 4.34. The second-order valence-electron chi connectivity index (χ2n) is 10.1. The minimum atomic E-state index is -0.753. The van der Waals surface area contributed by atoms with E-state index in [0.717, 1.165) is 11.1 Å². The first kappa shape index (κ1) is 31.6. The second kappa shape index (κ2) is 15.2. The summed E-state index contributed by atoms with van der Waals surface area (Å²) < 4.78 is 21.9. The third-order valence-electron chi connectivity index (χ3n) is 6.59. The number of rotatable bonds is 14. The molecule has 0 aliphatic heterocycles. The molecular weight excluding hydrogens is 546 g/mol. The Kier molecular flexibility index (Phi) is 11.7. The van der Waals surface area contributed by atoms with Crippen LogP contribution in [0, 0.1) is 11.8 Å². The van der Waals surface area contributed by atoms with Crippen LogP contribution in [0.15, 0.2) is 66.9 Å². The molecule has 0 spiro atoms. The van der Waals surface area contributed by atoms with Crippen LogP contribution in [0.3, 0.4) is 0 Å². The lowest BCUT2D eigenvalue weighted by atomic mass is 9.88. The Labute approximate surface area is 245 Å². The number of ketones is 1. The van der Waals surface area contributed by atoms with Gasteiger partial charge in [-0.25, -0.2) is 4.98 Å². The molecular formula is C32H36ClNO7. The lowest BCUT2D eigenvalue weighted by Gasteiger charge is -2.26. The summed E-state index contributed by atoms with van der Waals surface area (Å²) >= 11 is 6.06. The third-order valence-corrected chi connectivity index (χ3v) is 6.84. The molecule has 0 fully saturated rings. The topological polar surface area (TPSA) is 101 Å². The number of halogens is 1. The molecule has 0 bridgehead atoms. The van der Waals surface area contributed by atoms with Gasteiger partial charge in [-0.05, 0) is 36.6 Å². The smallest absolute Gasteiger partial charge is 0.311 e. The molecule has 0 aliphatic carbocycles. The zero-order valence-electron chi connectivity index (χ0n) is 24.0. The molecule has 3 rings (SSSR count). The van der Waals surface area contributed by atoms with Crippen molar-refractivity contribution in [2.75, 3.05) is 13.9 Å². The minimum Gasteiger partial charge on any atom is -0.493 e. The van der Waals surface area contributed by atoms with Crippen LogP contribution in [-0.2, 0) is 25.5 Å². The lowest BCUT2D eigenvalue weighted by molar-refractivity contribution is -0.154. The molecule has 1 aromatic heterocycles. The molecule has 8 nitrogen and oxygen atoms in total. The molecule has 218 valence electrons. The Morgan fingerprint density at radius 3 is 2.22 bits per heavy atom. The van der Waals surface area contributed by atoms with Crippen molar-refractivity contribution in [3.8, 4) is 11.5 Å². The number of carbonyl (C=O) groups is 3. The van der Waals surface area contributed by atoms with Crippen LogP contribution >= 0.6 is 11.6 Å². The van der Waals surface area contributed by atoms with Gasteiger partial charge in [0.2, 0.25) is 6.79 Å². The lowest BCUT2D eigenvalue weighted by Crippen LogP contribution is -2.28. The molecule has 0 radical (unpaired) electrons. The van der Waals surface area contributed by atoms with Crippen molar-refractivity contribution in [3.05, 3.63) is 88.7 Å². The Morgan fingerprint density at radius 1 is 0.902 bits per heavy atom. The Morgan fingerprint density at radius 2 is 1.59 bits per heavy atom. The number of hydrogen-bond acceptors (Lipinski definition) is 8. The van der Waals surface area contributed by atoms with Gasteiger partial charge in [0.1, 0.15) is 6.10 Å². The monoisotopic (exact) mass is 581 g/mol. The summed E-state index contributed by atoms with van der Waals surface area (Å²) in [6.45, 7) is 6.47. The fourth-order valence-electron chi connectivity index (χ4n) is 4.21. The molecule has 0 unspecified atom stereocenters. The van der Waals surface area contributed by atoms with Gasteiger partial charge in [-0.2, -0.15) is 0 Å². The highest BCUT2D eigenvalue weighted by molar-refractivity contribution is 6.30. The van der Waals surface area contributed by atoms with Gasteiger partial charge in [-0.1, -0.05) is 74.8 Å². The molecule has 0 amide bonds. The van der Waals surface area contributed by atoms with Crippen molar-refractivity contribution >= 4 is 29.3 Å². The SMILES string of the molecule is COc1ccnc(C(=O)C[C@@H](C)C(=O)O[C@@H](C)[C@H](Cc2ccc(Cl)cc2)c2ccccc2)c1OCOC(=O)C(C)C. The number of pyridine rings is 1. The maximum absolute atomic E-state index is 13.2. The highest BCUT2D eigenvalue weighted by Crippen LogP contribution is 2.32. The van der Waals surface area contributed by atoms with Gasteiger partial charge in [0.05, 0.1) is 18.9 Å². The fraction of sp³-hybridized carbons (Fsp3) is 0.375. The number of benzene rings is 2. The summed E-state index contributed by atoms with van der Waals surface area (Å²) in [6.07, 6.45) is 1.41. The number of Topliss-reactive ketones (excluding diaryl/α,β-unsaturated/α-hetero) is 1. The van der Waals surface area contributed by atoms with E-state index in [1.54, 1.807) is 20.8 Å².